The second kappa shape index (κ2) is 5.48. The van der Waals surface area contributed by atoms with Gasteiger partial charge in [0.2, 0.25) is 0 Å². The standard InChI is InChI=1S/C13H10N2.ClH.H2O/c1-2-6-11(7-3-1)12-10-15-9-5-4-8-13(15)14-12;;/h1-10H;1H;1H2. The normalized spacial score (nSPS) is 9.41. The molecule has 3 N–H and O–H groups in total. The van der Waals surface area contributed by atoms with E-state index in [0.717, 1.165) is 11.3 Å². The van der Waals surface area contributed by atoms with Crippen LogP contribution in [0, 0.1) is 0 Å². The van der Waals surface area contributed by atoms with Gasteiger partial charge in [-0.3, -0.25) is 0 Å². The zero-order valence-electron chi connectivity index (χ0n) is 9.10. The Kier molecular flexibility index (Phi) is 4.26. The Morgan fingerprint density at radius 3 is 2.29 bits per heavy atom. The second-order valence-corrected chi connectivity index (χ2v) is 3.53. The van der Waals surface area contributed by atoms with E-state index < -0.39 is 0 Å². The molecule has 0 radical (unpaired) electrons. The third-order valence-corrected chi connectivity index (χ3v) is 2.51. The molecule has 3 nitrogen and oxygen atoms in total. The van der Waals surface area contributed by atoms with E-state index >= 15 is 0 Å². The maximum absolute atomic E-state index is 3.37. The average molecular weight is 249 g/mol. The van der Waals surface area contributed by atoms with Crippen molar-refractivity contribution in [3.63, 3.8) is 0 Å². The van der Waals surface area contributed by atoms with Crippen molar-refractivity contribution < 1.29 is 22.3 Å². The summed E-state index contributed by atoms with van der Waals surface area (Å²) < 4.78 is 2.09. The number of halogens is 1. The Bertz CT molecular complexity index is 559. The first kappa shape index (κ1) is 13.2. The molecule has 0 fully saturated rings. The minimum Gasteiger partial charge on any atom is -1.00 e. The van der Waals surface area contributed by atoms with Gasteiger partial charge in [0.15, 0.2) is 5.69 Å². The summed E-state index contributed by atoms with van der Waals surface area (Å²) in [6.45, 7) is 0. The van der Waals surface area contributed by atoms with Gasteiger partial charge in [0, 0.05) is 11.6 Å². The predicted octanol–water partition coefficient (Wildman–Crippen LogP) is -1.40. The van der Waals surface area contributed by atoms with Gasteiger partial charge < -0.3 is 17.9 Å². The van der Waals surface area contributed by atoms with E-state index in [-0.39, 0.29) is 17.9 Å². The van der Waals surface area contributed by atoms with Crippen LogP contribution in [0.3, 0.4) is 0 Å². The number of aromatic amines is 1. The van der Waals surface area contributed by atoms with Crippen molar-refractivity contribution in [1.29, 1.82) is 0 Å². The first-order valence-electron chi connectivity index (χ1n) is 4.98. The molecule has 2 heterocycles. The molecule has 0 atom stereocenters. The fourth-order valence-electron chi connectivity index (χ4n) is 1.75. The Balaban J connectivity index is 0.000000722. The Morgan fingerprint density at radius 2 is 1.59 bits per heavy atom. The van der Waals surface area contributed by atoms with Crippen LogP contribution in [0.4, 0.5) is 0 Å². The van der Waals surface area contributed by atoms with Crippen molar-refractivity contribution in [3.05, 3.63) is 60.9 Å². The molecule has 0 unspecified atom stereocenters. The number of H-pyrrole nitrogens is 1. The lowest BCUT2D eigenvalue weighted by atomic mass is 10.2. The number of nitrogens with zero attached hydrogens (tertiary/aromatic N) is 1. The minimum absolute atomic E-state index is 0. The zero-order valence-corrected chi connectivity index (χ0v) is 9.85. The van der Waals surface area contributed by atoms with Crippen LogP contribution in [0.15, 0.2) is 60.9 Å². The van der Waals surface area contributed by atoms with Crippen molar-refractivity contribution >= 4 is 5.65 Å². The zero-order chi connectivity index (χ0) is 10.1. The van der Waals surface area contributed by atoms with Crippen LogP contribution in [0.2, 0.25) is 0 Å². The van der Waals surface area contributed by atoms with E-state index in [0.29, 0.717) is 0 Å². The van der Waals surface area contributed by atoms with Gasteiger partial charge in [-0.1, -0.05) is 36.4 Å². The average Bonchev–Trinajstić information content (AvgIpc) is 2.74. The van der Waals surface area contributed by atoms with Crippen LogP contribution >= 0.6 is 0 Å². The lowest BCUT2D eigenvalue weighted by Gasteiger charge is -1.89. The third-order valence-electron chi connectivity index (χ3n) is 2.51. The van der Waals surface area contributed by atoms with Gasteiger partial charge in [0.25, 0.3) is 5.65 Å². The number of fused-ring (bicyclic) bond motifs is 1. The smallest absolute Gasteiger partial charge is 0.284 e. The Morgan fingerprint density at radius 1 is 0.882 bits per heavy atom. The molecule has 0 bridgehead atoms. The molecule has 0 saturated heterocycles. The summed E-state index contributed by atoms with van der Waals surface area (Å²) in [5, 5.41) is 0. The van der Waals surface area contributed by atoms with Crippen molar-refractivity contribution in [1.82, 2.24) is 4.98 Å². The molecular formula is C13H13ClN2O. The first-order valence-corrected chi connectivity index (χ1v) is 4.98. The van der Waals surface area contributed by atoms with E-state index in [1.54, 1.807) is 0 Å². The van der Waals surface area contributed by atoms with Crippen LogP contribution < -0.4 is 16.8 Å². The highest BCUT2D eigenvalue weighted by atomic mass is 35.5. The van der Waals surface area contributed by atoms with Crippen LogP contribution in [0.25, 0.3) is 16.9 Å². The van der Waals surface area contributed by atoms with E-state index in [1.165, 1.54) is 5.56 Å². The molecule has 2 aromatic heterocycles. The molecule has 0 aliphatic carbocycles. The van der Waals surface area contributed by atoms with Gasteiger partial charge in [-0.15, -0.1) is 0 Å². The molecule has 17 heavy (non-hydrogen) atoms. The topological polar surface area (TPSA) is 51.4 Å². The number of nitrogens with one attached hydrogen (secondary N) is 1. The van der Waals surface area contributed by atoms with E-state index in [9.17, 15) is 0 Å². The summed E-state index contributed by atoms with van der Waals surface area (Å²) in [7, 11) is 0. The first-order chi connectivity index (χ1) is 7.43. The van der Waals surface area contributed by atoms with Gasteiger partial charge in [-0.05, 0) is 6.07 Å². The van der Waals surface area contributed by atoms with Gasteiger partial charge in [0.1, 0.15) is 6.20 Å². The van der Waals surface area contributed by atoms with Crippen LogP contribution in [-0.2, 0) is 0 Å². The molecular weight excluding hydrogens is 236 g/mol. The van der Waals surface area contributed by atoms with Crippen LogP contribution in [0.1, 0.15) is 0 Å². The number of pyridine rings is 1. The van der Waals surface area contributed by atoms with Crippen molar-refractivity contribution in [2.45, 2.75) is 0 Å². The van der Waals surface area contributed by atoms with E-state index in [2.05, 4.69) is 33.8 Å². The molecule has 0 aliphatic rings. The number of benzene rings is 1. The monoisotopic (exact) mass is 248 g/mol. The summed E-state index contributed by atoms with van der Waals surface area (Å²) >= 11 is 0. The highest BCUT2D eigenvalue weighted by Gasteiger charge is 2.08. The Labute approximate surface area is 105 Å². The van der Waals surface area contributed by atoms with Gasteiger partial charge in [-0.2, -0.15) is 0 Å². The molecule has 3 rings (SSSR count). The van der Waals surface area contributed by atoms with Crippen molar-refractivity contribution in [2.24, 2.45) is 0 Å². The quantitative estimate of drug-likeness (QED) is 0.515. The maximum Gasteiger partial charge on any atom is 0.284 e. The van der Waals surface area contributed by atoms with E-state index in [4.69, 9.17) is 0 Å². The molecule has 0 saturated carbocycles. The molecule has 0 amide bonds. The molecule has 4 heteroatoms. The number of hydrogen-bond acceptors (Lipinski definition) is 0. The van der Waals surface area contributed by atoms with Gasteiger partial charge in [-0.25, -0.2) is 9.38 Å². The largest absolute Gasteiger partial charge is 1.00 e. The number of rotatable bonds is 1. The predicted molar refractivity (Wildman–Crippen MR) is 63.0 cm³/mol. The summed E-state index contributed by atoms with van der Waals surface area (Å²) in [4.78, 5) is 3.37. The molecule has 1 aromatic carbocycles. The number of imidazole rings is 1. The summed E-state index contributed by atoms with van der Waals surface area (Å²) in [5.41, 5.74) is 3.46. The lowest BCUT2D eigenvalue weighted by Crippen LogP contribution is -3.00. The molecule has 88 valence electrons. The second-order valence-electron chi connectivity index (χ2n) is 3.53. The summed E-state index contributed by atoms with van der Waals surface area (Å²) in [6.07, 6.45) is 4.14. The highest BCUT2D eigenvalue weighted by molar-refractivity contribution is 5.59. The molecule has 0 spiro atoms. The minimum atomic E-state index is 0. The lowest BCUT2D eigenvalue weighted by molar-refractivity contribution is -0.509. The fourth-order valence-corrected chi connectivity index (χ4v) is 1.75. The number of hydrogen-bond donors (Lipinski definition) is 1. The van der Waals surface area contributed by atoms with Crippen LogP contribution in [-0.4, -0.2) is 10.5 Å². The SMILES string of the molecule is O.[Cl-].c1ccc(-c2c[n+]3ccccc3[nH]2)cc1. The number of aromatic nitrogens is 2. The molecule has 3 aromatic rings. The Hall–Kier alpha value is -1.84. The summed E-state index contributed by atoms with van der Waals surface area (Å²) in [6, 6.07) is 16.4. The molecule has 0 aliphatic heterocycles. The maximum atomic E-state index is 3.37. The van der Waals surface area contributed by atoms with Gasteiger partial charge >= 0.3 is 0 Å². The summed E-state index contributed by atoms with van der Waals surface area (Å²) in [5.74, 6) is 0. The van der Waals surface area contributed by atoms with E-state index in [1.807, 2.05) is 36.5 Å². The fraction of sp³-hybridized carbons (Fsp3) is 0. The van der Waals surface area contributed by atoms with Gasteiger partial charge in [0.05, 0.1) is 6.20 Å². The van der Waals surface area contributed by atoms with Crippen molar-refractivity contribution in [2.75, 3.05) is 0 Å². The highest BCUT2D eigenvalue weighted by Crippen LogP contribution is 2.15. The third kappa shape index (κ3) is 2.46. The van der Waals surface area contributed by atoms with Crippen molar-refractivity contribution in [3.8, 4) is 11.3 Å². The van der Waals surface area contributed by atoms with Crippen LogP contribution in [0.5, 0.6) is 0 Å².